The Morgan fingerprint density at radius 2 is 2.50 bits per heavy atom. The van der Waals surface area contributed by atoms with Gasteiger partial charge >= 0.3 is 0 Å². The Labute approximate surface area is 39.1 Å². The smallest absolute Gasteiger partial charge is 0.0193 e. The summed E-state index contributed by atoms with van der Waals surface area (Å²) >= 11 is 0. The molecule has 0 aromatic rings. The quantitative estimate of drug-likeness (QED) is 0.396. The first-order chi connectivity index (χ1) is 2.91. The van der Waals surface area contributed by atoms with Gasteiger partial charge in [-0.1, -0.05) is 6.08 Å². The summed E-state index contributed by atoms with van der Waals surface area (Å²) in [4.78, 5) is 0. The van der Waals surface area contributed by atoms with Crippen LogP contribution in [0.15, 0.2) is 12.7 Å². The molecule has 1 N–H and O–H groups in total. The summed E-state index contributed by atoms with van der Waals surface area (Å²) in [6, 6.07) is 0. The first-order valence-corrected chi connectivity index (χ1v) is 2.04. The first kappa shape index (κ1) is 5.70. The largest absolute Gasteiger partial charge is 0.309 e. The molecule has 1 nitrogen and oxygen atoms in total. The van der Waals surface area contributed by atoms with E-state index in [9.17, 15) is 0 Å². The van der Waals surface area contributed by atoms with E-state index in [2.05, 4.69) is 11.9 Å². The molecule has 0 saturated carbocycles. The number of nitrogens with one attached hydrogen (secondary N) is 1. The minimum atomic E-state index is 0.872. The molecule has 0 saturated heterocycles. The van der Waals surface area contributed by atoms with Crippen molar-refractivity contribution in [3.05, 3.63) is 19.2 Å². The first-order valence-electron chi connectivity index (χ1n) is 2.04. The summed E-state index contributed by atoms with van der Waals surface area (Å²) in [5.41, 5.74) is 0. The summed E-state index contributed by atoms with van der Waals surface area (Å²) < 4.78 is 0. The summed E-state index contributed by atoms with van der Waals surface area (Å²) in [5, 5.41) is 2.95. The highest BCUT2D eigenvalue weighted by atomic mass is 14.8. The zero-order valence-corrected chi connectivity index (χ0v) is 4.07. The molecule has 0 bridgehead atoms. The van der Waals surface area contributed by atoms with E-state index in [1.165, 1.54) is 0 Å². The molecule has 0 unspecified atom stereocenters. The van der Waals surface area contributed by atoms with Crippen molar-refractivity contribution in [1.29, 1.82) is 0 Å². The van der Waals surface area contributed by atoms with Gasteiger partial charge in [0, 0.05) is 13.1 Å². The molecule has 1 heteroatoms. The van der Waals surface area contributed by atoms with E-state index in [1.54, 1.807) is 0 Å². The Balaban J connectivity index is 2.49. The van der Waals surface area contributed by atoms with Crippen molar-refractivity contribution in [2.45, 2.75) is 6.92 Å². The Hall–Kier alpha value is -0.300. The van der Waals surface area contributed by atoms with Crippen LogP contribution < -0.4 is 5.32 Å². The van der Waals surface area contributed by atoms with Crippen LogP contribution in [0.4, 0.5) is 0 Å². The molecule has 0 aromatic carbocycles. The van der Waals surface area contributed by atoms with Crippen LogP contribution in [0.1, 0.15) is 6.92 Å². The highest BCUT2D eigenvalue weighted by Gasteiger charge is 1.67. The molecule has 0 aliphatic heterocycles. The van der Waals surface area contributed by atoms with Crippen LogP contribution in [0, 0.1) is 6.54 Å². The maximum atomic E-state index is 3.52. The van der Waals surface area contributed by atoms with E-state index in [1.807, 2.05) is 19.5 Å². The van der Waals surface area contributed by atoms with Gasteiger partial charge in [0.1, 0.15) is 0 Å². The molecule has 6 heavy (non-hydrogen) atoms. The standard InChI is InChI=1S/C5H10N/c1-3-5-6-4-2/h3-4,6H,1,5H2,2H3. The predicted molar refractivity (Wildman–Crippen MR) is 28.2 cm³/mol. The van der Waals surface area contributed by atoms with Gasteiger partial charge in [0.05, 0.1) is 0 Å². The van der Waals surface area contributed by atoms with Gasteiger partial charge < -0.3 is 5.32 Å². The van der Waals surface area contributed by atoms with E-state index in [0.717, 1.165) is 6.54 Å². The molecular formula is C5H10N. The predicted octanol–water partition coefficient (Wildman–Crippen LogP) is 0.944. The molecular weight excluding hydrogens is 74.1 g/mol. The van der Waals surface area contributed by atoms with Crippen LogP contribution >= 0.6 is 0 Å². The van der Waals surface area contributed by atoms with Crippen LogP contribution in [0.2, 0.25) is 0 Å². The van der Waals surface area contributed by atoms with Crippen LogP contribution in [0.3, 0.4) is 0 Å². The third-order valence-corrected chi connectivity index (χ3v) is 0.466. The third-order valence-electron chi connectivity index (χ3n) is 0.466. The highest BCUT2D eigenvalue weighted by Crippen LogP contribution is 1.60. The Morgan fingerprint density at radius 3 is 2.67 bits per heavy atom. The van der Waals surface area contributed by atoms with Crippen molar-refractivity contribution in [1.82, 2.24) is 5.32 Å². The molecule has 0 atom stereocenters. The molecule has 35 valence electrons. The third kappa shape index (κ3) is 3.70. The molecule has 0 aliphatic carbocycles. The average molecular weight is 84.1 g/mol. The molecule has 1 radical (unpaired) electrons. The van der Waals surface area contributed by atoms with Crippen LogP contribution in [0.5, 0.6) is 0 Å². The van der Waals surface area contributed by atoms with E-state index in [0.29, 0.717) is 0 Å². The number of hydrogen-bond acceptors (Lipinski definition) is 1. The van der Waals surface area contributed by atoms with Gasteiger partial charge in [-0.2, -0.15) is 0 Å². The minimum absolute atomic E-state index is 0.872. The van der Waals surface area contributed by atoms with Crippen molar-refractivity contribution in [2.24, 2.45) is 0 Å². The molecule has 0 heterocycles. The molecule has 0 spiro atoms. The van der Waals surface area contributed by atoms with Gasteiger partial charge in [-0.05, 0) is 6.92 Å². The van der Waals surface area contributed by atoms with Gasteiger partial charge in [-0.3, -0.25) is 0 Å². The Morgan fingerprint density at radius 1 is 1.83 bits per heavy atom. The molecule has 0 amide bonds. The van der Waals surface area contributed by atoms with Crippen molar-refractivity contribution >= 4 is 0 Å². The second-order valence-electron chi connectivity index (χ2n) is 0.986. The second kappa shape index (κ2) is 4.70. The van der Waals surface area contributed by atoms with E-state index in [4.69, 9.17) is 0 Å². The van der Waals surface area contributed by atoms with E-state index in [-0.39, 0.29) is 0 Å². The summed E-state index contributed by atoms with van der Waals surface area (Å²) in [6.07, 6.45) is 1.82. The SMILES string of the molecule is C=CCN[CH]C. The van der Waals surface area contributed by atoms with Crippen molar-refractivity contribution in [3.8, 4) is 0 Å². The summed E-state index contributed by atoms with van der Waals surface area (Å²) in [5.74, 6) is 0. The average Bonchev–Trinajstić information content (AvgIpc) is 1.61. The highest BCUT2D eigenvalue weighted by molar-refractivity contribution is 4.71. The topological polar surface area (TPSA) is 12.0 Å². The van der Waals surface area contributed by atoms with Crippen LogP contribution in [-0.4, -0.2) is 6.54 Å². The van der Waals surface area contributed by atoms with Crippen molar-refractivity contribution < 1.29 is 0 Å². The number of hydrogen-bond donors (Lipinski definition) is 1. The minimum Gasteiger partial charge on any atom is -0.309 e. The van der Waals surface area contributed by atoms with Gasteiger partial charge in [-0.25, -0.2) is 0 Å². The fourth-order valence-corrected chi connectivity index (χ4v) is 0.201. The maximum absolute atomic E-state index is 3.52. The Kier molecular flexibility index (Phi) is 4.46. The van der Waals surface area contributed by atoms with E-state index >= 15 is 0 Å². The molecule has 0 fully saturated rings. The maximum Gasteiger partial charge on any atom is 0.0193 e. The van der Waals surface area contributed by atoms with Crippen molar-refractivity contribution in [2.75, 3.05) is 6.54 Å². The zero-order chi connectivity index (χ0) is 4.83. The fraction of sp³-hybridized carbons (Fsp3) is 0.400. The monoisotopic (exact) mass is 84.1 g/mol. The molecule has 0 aliphatic rings. The van der Waals surface area contributed by atoms with Crippen LogP contribution in [-0.2, 0) is 0 Å². The lowest BCUT2D eigenvalue weighted by molar-refractivity contribution is 0.899. The molecule has 0 aromatic heterocycles. The summed E-state index contributed by atoms with van der Waals surface area (Å²) in [6.45, 7) is 8.23. The lowest BCUT2D eigenvalue weighted by atomic mass is 10.6. The molecule has 0 rings (SSSR count). The zero-order valence-electron chi connectivity index (χ0n) is 4.07. The van der Waals surface area contributed by atoms with Gasteiger partial charge in [-0.15, -0.1) is 6.58 Å². The van der Waals surface area contributed by atoms with Gasteiger partial charge in [0.15, 0.2) is 0 Å². The van der Waals surface area contributed by atoms with Crippen LogP contribution in [0.25, 0.3) is 0 Å². The fourth-order valence-electron chi connectivity index (χ4n) is 0.201. The van der Waals surface area contributed by atoms with Gasteiger partial charge in [0.25, 0.3) is 0 Å². The van der Waals surface area contributed by atoms with Gasteiger partial charge in [0.2, 0.25) is 0 Å². The lowest BCUT2D eigenvalue weighted by Crippen LogP contribution is -2.05. The number of rotatable bonds is 3. The summed E-state index contributed by atoms with van der Waals surface area (Å²) in [7, 11) is 0. The van der Waals surface area contributed by atoms with Crippen molar-refractivity contribution in [3.63, 3.8) is 0 Å². The lowest BCUT2D eigenvalue weighted by Gasteiger charge is -1.87. The normalized spacial score (nSPS) is 8.17. The second-order valence-corrected chi connectivity index (χ2v) is 0.986. The van der Waals surface area contributed by atoms with E-state index < -0.39 is 0 Å². The Bertz CT molecular complexity index is 32.9.